The fraction of sp³-hybridized carbons (Fsp3) is 0.529. The number of benzene rings is 1. The molecule has 0 N–H and O–H groups in total. The molecule has 1 saturated heterocycles. The zero-order chi connectivity index (χ0) is 15.2. The molecule has 1 aliphatic heterocycles. The van der Waals surface area contributed by atoms with Crippen LogP contribution in [-0.4, -0.2) is 36.3 Å². The van der Waals surface area contributed by atoms with E-state index < -0.39 is 6.10 Å². The van der Waals surface area contributed by atoms with Crippen molar-refractivity contribution in [3.05, 3.63) is 29.3 Å². The van der Waals surface area contributed by atoms with Gasteiger partial charge in [0.05, 0.1) is 5.56 Å². The van der Waals surface area contributed by atoms with Gasteiger partial charge in [0.2, 0.25) is 0 Å². The van der Waals surface area contributed by atoms with Gasteiger partial charge in [-0.15, -0.1) is 0 Å². The summed E-state index contributed by atoms with van der Waals surface area (Å²) in [5.74, 6) is 0.487. The summed E-state index contributed by atoms with van der Waals surface area (Å²) >= 11 is 0. The maximum Gasteiger partial charge on any atom is 0.263 e. The molecular formula is C17H23NO3. The van der Waals surface area contributed by atoms with Gasteiger partial charge in [-0.2, -0.15) is 0 Å². The molecule has 1 aromatic carbocycles. The Kier molecular flexibility index (Phi) is 5.37. The molecule has 4 heteroatoms. The second-order valence-electron chi connectivity index (χ2n) is 5.66. The average Bonchev–Trinajstić information content (AvgIpc) is 2.77. The molecule has 1 heterocycles. The predicted octanol–water partition coefficient (Wildman–Crippen LogP) is 2.98. The Bertz CT molecular complexity index is 505. The smallest absolute Gasteiger partial charge is 0.263 e. The van der Waals surface area contributed by atoms with Crippen molar-refractivity contribution in [2.45, 2.75) is 45.6 Å². The van der Waals surface area contributed by atoms with Crippen molar-refractivity contribution >= 4 is 12.2 Å². The number of hydrogen-bond donors (Lipinski definition) is 0. The molecule has 1 fully saturated rings. The number of nitrogens with zero attached hydrogens (tertiary/aromatic N) is 1. The SMILES string of the molecule is Cc1ccc(OC(C)C(=O)N2CCCCCC2)c(C=O)c1. The summed E-state index contributed by atoms with van der Waals surface area (Å²) in [4.78, 5) is 25.4. The number of ether oxygens (including phenoxy) is 1. The third kappa shape index (κ3) is 4.06. The minimum absolute atomic E-state index is 0.00863. The molecule has 0 aliphatic carbocycles. The zero-order valence-corrected chi connectivity index (χ0v) is 12.8. The van der Waals surface area contributed by atoms with Crippen LogP contribution in [0.1, 0.15) is 48.5 Å². The van der Waals surface area contributed by atoms with E-state index in [1.54, 1.807) is 19.1 Å². The highest BCUT2D eigenvalue weighted by Crippen LogP contribution is 2.20. The number of amides is 1. The van der Waals surface area contributed by atoms with E-state index in [4.69, 9.17) is 4.74 Å². The van der Waals surface area contributed by atoms with Crippen LogP contribution in [0.3, 0.4) is 0 Å². The van der Waals surface area contributed by atoms with Gasteiger partial charge < -0.3 is 9.64 Å². The van der Waals surface area contributed by atoms with E-state index in [-0.39, 0.29) is 5.91 Å². The Morgan fingerprint density at radius 3 is 2.52 bits per heavy atom. The fourth-order valence-corrected chi connectivity index (χ4v) is 2.66. The standard InChI is InChI=1S/C17H23NO3/c1-13-7-8-16(15(11-13)12-19)21-14(2)17(20)18-9-5-3-4-6-10-18/h7-8,11-12,14H,3-6,9-10H2,1-2H3. The number of likely N-dealkylation sites (tertiary alicyclic amines) is 1. The van der Waals surface area contributed by atoms with Gasteiger partial charge in [-0.1, -0.05) is 24.5 Å². The highest BCUT2D eigenvalue weighted by Gasteiger charge is 2.23. The molecule has 1 amide bonds. The van der Waals surface area contributed by atoms with Gasteiger partial charge in [-0.05, 0) is 38.8 Å². The van der Waals surface area contributed by atoms with Crippen molar-refractivity contribution in [1.82, 2.24) is 4.90 Å². The third-order valence-electron chi connectivity index (χ3n) is 3.86. The van der Waals surface area contributed by atoms with Crippen molar-refractivity contribution < 1.29 is 14.3 Å². The van der Waals surface area contributed by atoms with Gasteiger partial charge in [0.25, 0.3) is 5.91 Å². The van der Waals surface area contributed by atoms with Crippen molar-refractivity contribution in [2.75, 3.05) is 13.1 Å². The van der Waals surface area contributed by atoms with Gasteiger partial charge >= 0.3 is 0 Å². The highest BCUT2D eigenvalue weighted by atomic mass is 16.5. The number of aryl methyl sites for hydroxylation is 1. The first-order valence-corrected chi connectivity index (χ1v) is 7.63. The van der Waals surface area contributed by atoms with E-state index in [1.807, 2.05) is 17.9 Å². The van der Waals surface area contributed by atoms with Crippen LogP contribution >= 0.6 is 0 Å². The normalized spacial score (nSPS) is 17.0. The summed E-state index contributed by atoms with van der Waals surface area (Å²) in [5.41, 5.74) is 1.49. The molecule has 1 atom stereocenters. The Hall–Kier alpha value is -1.84. The summed E-state index contributed by atoms with van der Waals surface area (Å²) in [6.45, 7) is 5.28. The monoisotopic (exact) mass is 289 g/mol. The number of rotatable bonds is 4. The van der Waals surface area contributed by atoms with Gasteiger partial charge in [0, 0.05) is 13.1 Å². The lowest BCUT2D eigenvalue weighted by atomic mass is 10.1. The van der Waals surface area contributed by atoms with Gasteiger partial charge in [-0.25, -0.2) is 0 Å². The number of carbonyl (C=O) groups is 2. The number of hydrogen-bond acceptors (Lipinski definition) is 3. The predicted molar refractivity (Wildman–Crippen MR) is 81.7 cm³/mol. The minimum Gasteiger partial charge on any atom is -0.480 e. The number of aldehydes is 1. The Labute approximate surface area is 126 Å². The second kappa shape index (κ2) is 7.25. The van der Waals surface area contributed by atoms with Gasteiger partial charge in [0.15, 0.2) is 12.4 Å². The van der Waals surface area contributed by atoms with Gasteiger partial charge in [-0.3, -0.25) is 9.59 Å². The van der Waals surface area contributed by atoms with Crippen LogP contribution in [0.25, 0.3) is 0 Å². The first-order valence-electron chi connectivity index (χ1n) is 7.63. The fourth-order valence-electron chi connectivity index (χ4n) is 2.66. The lowest BCUT2D eigenvalue weighted by molar-refractivity contribution is -0.137. The topological polar surface area (TPSA) is 46.6 Å². The molecule has 1 unspecified atom stereocenters. The molecule has 0 spiro atoms. The van der Waals surface area contributed by atoms with E-state index >= 15 is 0 Å². The van der Waals surface area contributed by atoms with Crippen molar-refractivity contribution in [3.63, 3.8) is 0 Å². The van der Waals surface area contributed by atoms with E-state index in [0.29, 0.717) is 11.3 Å². The largest absolute Gasteiger partial charge is 0.480 e. The average molecular weight is 289 g/mol. The van der Waals surface area contributed by atoms with Crippen LogP contribution in [0.15, 0.2) is 18.2 Å². The molecule has 21 heavy (non-hydrogen) atoms. The summed E-state index contributed by atoms with van der Waals surface area (Å²) in [6, 6.07) is 5.40. The van der Waals surface area contributed by atoms with Crippen molar-refractivity contribution in [1.29, 1.82) is 0 Å². The molecule has 4 nitrogen and oxygen atoms in total. The van der Waals surface area contributed by atoms with Crippen LogP contribution in [0, 0.1) is 6.92 Å². The minimum atomic E-state index is -0.565. The van der Waals surface area contributed by atoms with Crippen LogP contribution in [0.4, 0.5) is 0 Å². The zero-order valence-electron chi connectivity index (χ0n) is 12.8. The molecule has 0 radical (unpaired) electrons. The van der Waals surface area contributed by atoms with Crippen molar-refractivity contribution in [2.24, 2.45) is 0 Å². The molecule has 0 bridgehead atoms. The Morgan fingerprint density at radius 1 is 1.24 bits per heavy atom. The summed E-state index contributed by atoms with van der Waals surface area (Å²) in [5, 5.41) is 0. The molecule has 0 saturated carbocycles. The first kappa shape index (κ1) is 15.5. The molecule has 2 rings (SSSR count). The van der Waals surface area contributed by atoms with Crippen LogP contribution in [0.5, 0.6) is 5.75 Å². The molecule has 0 aromatic heterocycles. The molecule has 1 aliphatic rings. The van der Waals surface area contributed by atoms with Crippen LogP contribution < -0.4 is 4.74 Å². The summed E-state index contributed by atoms with van der Waals surface area (Å²) < 4.78 is 5.72. The summed E-state index contributed by atoms with van der Waals surface area (Å²) in [6.07, 6.45) is 4.69. The highest BCUT2D eigenvalue weighted by molar-refractivity contribution is 5.82. The van der Waals surface area contributed by atoms with Crippen LogP contribution in [0.2, 0.25) is 0 Å². The van der Waals surface area contributed by atoms with E-state index in [2.05, 4.69) is 0 Å². The van der Waals surface area contributed by atoms with E-state index in [0.717, 1.165) is 37.8 Å². The molecule has 114 valence electrons. The van der Waals surface area contributed by atoms with Crippen molar-refractivity contribution in [3.8, 4) is 5.75 Å². The van der Waals surface area contributed by atoms with Gasteiger partial charge in [0.1, 0.15) is 5.75 Å². The molecular weight excluding hydrogens is 266 g/mol. The lowest BCUT2D eigenvalue weighted by Gasteiger charge is -2.25. The number of carbonyl (C=O) groups excluding carboxylic acids is 2. The Morgan fingerprint density at radius 2 is 1.90 bits per heavy atom. The Balaban J connectivity index is 2.04. The quantitative estimate of drug-likeness (QED) is 0.801. The van der Waals surface area contributed by atoms with E-state index in [1.165, 1.54) is 12.8 Å². The van der Waals surface area contributed by atoms with Crippen LogP contribution in [-0.2, 0) is 4.79 Å². The maximum absolute atomic E-state index is 12.4. The first-order chi connectivity index (χ1) is 10.1. The lowest BCUT2D eigenvalue weighted by Crippen LogP contribution is -2.41. The molecule has 1 aromatic rings. The van der Waals surface area contributed by atoms with E-state index in [9.17, 15) is 9.59 Å². The summed E-state index contributed by atoms with van der Waals surface area (Å²) in [7, 11) is 0. The third-order valence-corrected chi connectivity index (χ3v) is 3.86. The maximum atomic E-state index is 12.4. The second-order valence-corrected chi connectivity index (χ2v) is 5.66.